The van der Waals surface area contributed by atoms with Crippen molar-refractivity contribution in [3.05, 3.63) is 0 Å². The first-order valence-electron chi connectivity index (χ1n) is 10.9. The summed E-state index contributed by atoms with van der Waals surface area (Å²) in [5.74, 6) is 0.683. The Balaban J connectivity index is 0. The van der Waals surface area contributed by atoms with Crippen LogP contribution in [0.2, 0.25) is 0 Å². The van der Waals surface area contributed by atoms with Crippen LogP contribution >= 0.6 is 25.3 Å². The Labute approximate surface area is 184 Å². The Bertz CT molecular complexity index is 400. The lowest BCUT2D eigenvalue weighted by atomic mass is 9.89. The molecule has 0 heterocycles. The van der Waals surface area contributed by atoms with Gasteiger partial charge in [-0.25, -0.2) is 0 Å². The van der Waals surface area contributed by atoms with E-state index in [4.69, 9.17) is 9.84 Å². The molecule has 0 aliphatic heterocycles. The van der Waals surface area contributed by atoms with E-state index < -0.39 is 10.7 Å². The number of hydrogen-bond donors (Lipinski definition) is 3. The Hall–Kier alpha value is -0.360. The molecule has 168 valence electrons. The maximum absolute atomic E-state index is 11.1. The van der Waals surface area contributed by atoms with Crippen LogP contribution < -0.4 is 0 Å². The third-order valence-electron chi connectivity index (χ3n) is 5.03. The fourth-order valence-corrected chi connectivity index (χ4v) is 3.31. The van der Waals surface area contributed by atoms with Gasteiger partial charge in [-0.3, -0.25) is 9.59 Å². The summed E-state index contributed by atoms with van der Waals surface area (Å²) in [4.78, 5) is 21.9. The molecule has 0 saturated heterocycles. The molecule has 3 unspecified atom stereocenters. The zero-order valence-corrected chi connectivity index (χ0v) is 20.5. The Morgan fingerprint density at radius 1 is 1.00 bits per heavy atom. The maximum atomic E-state index is 11.1. The third-order valence-corrected chi connectivity index (χ3v) is 5.63. The van der Waals surface area contributed by atoms with Crippen LogP contribution in [-0.4, -0.2) is 34.2 Å². The predicted octanol–water partition coefficient (Wildman–Crippen LogP) is 6.43. The first-order chi connectivity index (χ1) is 13.2. The number of aliphatic carboxylic acids is 1. The van der Waals surface area contributed by atoms with Gasteiger partial charge < -0.3 is 9.84 Å². The number of thiol groups is 2. The topological polar surface area (TPSA) is 63.6 Å². The second-order valence-electron chi connectivity index (χ2n) is 7.77. The van der Waals surface area contributed by atoms with Crippen LogP contribution in [0.1, 0.15) is 98.8 Å². The molecule has 6 heteroatoms. The molecule has 28 heavy (non-hydrogen) atoms. The first kappa shape index (κ1) is 29.8. The highest BCUT2D eigenvalue weighted by molar-refractivity contribution is 7.82. The summed E-state index contributed by atoms with van der Waals surface area (Å²) in [6.45, 7) is 10.9. The molecular weight excluding hydrogens is 392 g/mol. The van der Waals surface area contributed by atoms with E-state index in [9.17, 15) is 9.59 Å². The lowest BCUT2D eigenvalue weighted by Gasteiger charge is -2.24. The number of carboxylic acids is 1. The number of carbonyl (C=O) groups is 2. The molecule has 0 bridgehead atoms. The summed E-state index contributed by atoms with van der Waals surface area (Å²) in [6, 6.07) is 0. The van der Waals surface area contributed by atoms with Gasteiger partial charge in [0, 0.05) is 5.75 Å². The molecular formula is C22H44O4S2. The molecule has 0 aliphatic rings. The molecule has 0 aromatic heterocycles. The van der Waals surface area contributed by atoms with Crippen LogP contribution in [0.25, 0.3) is 0 Å². The van der Waals surface area contributed by atoms with Crippen molar-refractivity contribution in [2.75, 3.05) is 12.4 Å². The average molecular weight is 437 g/mol. The summed E-state index contributed by atoms with van der Waals surface area (Å²) < 4.78 is 4.28. The maximum Gasteiger partial charge on any atom is 0.319 e. The van der Waals surface area contributed by atoms with Crippen LogP contribution in [0.5, 0.6) is 0 Å². The fourth-order valence-electron chi connectivity index (χ4n) is 2.87. The Kier molecular flexibility index (Phi) is 19.9. The Morgan fingerprint density at radius 2 is 1.50 bits per heavy atom. The van der Waals surface area contributed by atoms with Crippen molar-refractivity contribution in [2.24, 2.45) is 11.8 Å². The van der Waals surface area contributed by atoms with Gasteiger partial charge in [0.2, 0.25) is 0 Å². The van der Waals surface area contributed by atoms with E-state index in [1.807, 2.05) is 0 Å². The molecule has 0 radical (unpaired) electrons. The molecule has 0 spiro atoms. The van der Waals surface area contributed by atoms with Crippen molar-refractivity contribution in [1.29, 1.82) is 0 Å². The number of ether oxygens (including phenoxy) is 1. The number of hydrogen-bond acceptors (Lipinski definition) is 5. The van der Waals surface area contributed by atoms with Gasteiger partial charge in [0.1, 0.15) is 4.75 Å². The van der Waals surface area contributed by atoms with Crippen LogP contribution in [0.4, 0.5) is 0 Å². The summed E-state index contributed by atoms with van der Waals surface area (Å²) in [6.07, 6.45) is 10.3. The van der Waals surface area contributed by atoms with E-state index in [0.29, 0.717) is 37.0 Å². The van der Waals surface area contributed by atoms with Gasteiger partial charge in [-0.15, -0.1) is 0 Å². The Morgan fingerprint density at radius 3 is 1.89 bits per heavy atom. The lowest BCUT2D eigenvalue weighted by molar-refractivity contribution is -0.144. The van der Waals surface area contributed by atoms with E-state index in [1.165, 1.54) is 32.1 Å². The molecule has 0 amide bonds. The zero-order chi connectivity index (χ0) is 22.0. The van der Waals surface area contributed by atoms with Gasteiger partial charge in [-0.2, -0.15) is 25.3 Å². The van der Waals surface area contributed by atoms with Crippen LogP contribution in [-0.2, 0) is 14.3 Å². The molecule has 3 atom stereocenters. The molecule has 4 nitrogen and oxygen atoms in total. The number of rotatable bonds is 15. The van der Waals surface area contributed by atoms with Crippen LogP contribution in [0.3, 0.4) is 0 Å². The number of carbonyl (C=O) groups excluding carboxylic acids is 1. The van der Waals surface area contributed by atoms with Crippen molar-refractivity contribution in [1.82, 2.24) is 0 Å². The fraction of sp³-hybridized carbons (Fsp3) is 0.909. The highest BCUT2D eigenvalue weighted by atomic mass is 32.1. The van der Waals surface area contributed by atoms with Crippen LogP contribution in [0, 0.1) is 11.8 Å². The van der Waals surface area contributed by atoms with Gasteiger partial charge in [-0.1, -0.05) is 72.6 Å². The third kappa shape index (κ3) is 16.6. The number of unbranched alkanes of at least 4 members (excludes halogenated alkanes) is 2. The minimum atomic E-state index is -0.867. The van der Waals surface area contributed by atoms with Gasteiger partial charge in [0.25, 0.3) is 0 Å². The SMILES string of the molecule is CCCCC(CC)CC(C)(S)C(=O)O.CCCCC(CC)COC(=O)CCS. The lowest BCUT2D eigenvalue weighted by Crippen LogP contribution is -2.31. The zero-order valence-electron chi connectivity index (χ0n) is 18.7. The molecule has 0 aliphatic carbocycles. The number of esters is 1. The minimum Gasteiger partial charge on any atom is -0.480 e. The van der Waals surface area contributed by atoms with Crippen molar-refractivity contribution < 1.29 is 19.4 Å². The summed E-state index contributed by atoms with van der Waals surface area (Å²) in [7, 11) is 0. The molecule has 0 aromatic rings. The molecule has 0 rings (SSSR count). The predicted molar refractivity (Wildman–Crippen MR) is 126 cm³/mol. The van der Waals surface area contributed by atoms with Crippen molar-refractivity contribution in [3.63, 3.8) is 0 Å². The van der Waals surface area contributed by atoms with E-state index in [-0.39, 0.29) is 5.97 Å². The largest absolute Gasteiger partial charge is 0.480 e. The monoisotopic (exact) mass is 436 g/mol. The average Bonchev–Trinajstić information content (AvgIpc) is 2.65. The highest BCUT2D eigenvalue weighted by Crippen LogP contribution is 2.28. The molecule has 0 fully saturated rings. The molecule has 1 N–H and O–H groups in total. The van der Waals surface area contributed by atoms with Gasteiger partial charge >= 0.3 is 11.9 Å². The van der Waals surface area contributed by atoms with Gasteiger partial charge in [0.05, 0.1) is 13.0 Å². The summed E-state index contributed by atoms with van der Waals surface area (Å²) in [5, 5.41) is 8.93. The molecule has 0 saturated carbocycles. The summed E-state index contributed by atoms with van der Waals surface area (Å²) >= 11 is 8.18. The minimum absolute atomic E-state index is 0.116. The van der Waals surface area contributed by atoms with Crippen molar-refractivity contribution in [2.45, 2.75) is 104 Å². The van der Waals surface area contributed by atoms with E-state index in [0.717, 1.165) is 19.3 Å². The van der Waals surface area contributed by atoms with E-state index in [2.05, 4.69) is 53.0 Å². The highest BCUT2D eigenvalue weighted by Gasteiger charge is 2.30. The van der Waals surface area contributed by atoms with Gasteiger partial charge in [-0.05, 0) is 31.6 Å². The first-order valence-corrected chi connectivity index (χ1v) is 12.0. The van der Waals surface area contributed by atoms with E-state index in [1.54, 1.807) is 6.92 Å². The van der Waals surface area contributed by atoms with Crippen LogP contribution in [0.15, 0.2) is 0 Å². The van der Waals surface area contributed by atoms with Crippen molar-refractivity contribution in [3.8, 4) is 0 Å². The normalized spacial score (nSPS) is 15.0. The second kappa shape index (κ2) is 18.7. The molecule has 0 aromatic carbocycles. The van der Waals surface area contributed by atoms with Crippen molar-refractivity contribution >= 4 is 37.2 Å². The smallest absolute Gasteiger partial charge is 0.319 e. The van der Waals surface area contributed by atoms with Gasteiger partial charge in [0.15, 0.2) is 0 Å². The standard InChI is InChI=1S/2C11H22O2S/c1-4-6-7-9(5-2)8-11(3,14)10(12)13;1-3-5-6-10(4-2)9-13-11(12)7-8-14/h9,14H,4-8H2,1-3H3,(H,12,13);10,14H,3-9H2,1-2H3. The quantitative estimate of drug-likeness (QED) is 0.204. The second-order valence-corrected chi connectivity index (χ2v) is 9.21. The summed E-state index contributed by atoms with van der Waals surface area (Å²) in [5.41, 5.74) is 0. The number of carboxylic acid groups (broad SMARTS) is 1. The van der Waals surface area contributed by atoms with E-state index >= 15 is 0 Å².